The molecule has 11 nitrogen and oxygen atoms in total. The van der Waals surface area contributed by atoms with E-state index >= 15 is 0 Å². The lowest BCUT2D eigenvalue weighted by atomic mass is 10.2. The molecule has 0 bridgehead atoms. The van der Waals surface area contributed by atoms with E-state index in [4.69, 9.17) is 9.47 Å². The van der Waals surface area contributed by atoms with Crippen molar-refractivity contribution in [3.05, 3.63) is 64.7 Å². The molecular weight excluding hydrogens is 619 g/mol. The number of nitro benzene ring substituents is 1. The number of benzene rings is 3. The minimum Gasteiger partial charge on any atom is -0.496 e. The van der Waals surface area contributed by atoms with Gasteiger partial charge in [-0.2, -0.15) is 0 Å². The molecule has 2 N–H and O–H groups in total. The number of aromatic nitrogens is 2. The normalized spacial score (nSPS) is 11.0. The summed E-state index contributed by atoms with van der Waals surface area (Å²) < 4.78 is 13.9. The van der Waals surface area contributed by atoms with Crippen LogP contribution in [0, 0.1) is 10.1 Å². The standard InChI is InChI=1S/C27H23N5O6S4/c1-3-38-17-6-9-20-23(12-17)42-27(31-20)39-13-24(33)28-15-4-7-19-22(10-15)41-26(30-19)40-14-25(34)29-18-8-5-16(37-2)11-21(18)32(35)36/h4-12H,3,13-14H2,1-2H3,(H,28,33)(H,29,34). The molecule has 0 fully saturated rings. The molecule has 15 heteroatoms. The van der Waals surface area contributed by atoms with Gasteiger partial charge in [-0.05, 0) is 55.5 Å². The molecule has 0 aliphatic rings. The molecular formula is C27H23N5O6S4. The summed E-state index contributed by atoms with van der Waals surface area (Å²) in [6.45, 7) is 2.53. The first-order valence-corrected chi connectivity index (χ1v) is 16.0. The smallest absolute Gasteiger partial charge is 0.296 e. The predicted molar refractivity (Wildman–Crippen MR) is 169 cm³/mol. The van der Waals surface area contributed by atoms with Crippen LogP contribution in [0.5, 0.6) is 11.5 Å². The number of nitrogens with one attached hydrogen (secondary N) is 2. The second-order valence-corrected chi connectivity index (χ2v) is 13.0. The third kappa shape index (κ3) is 7.28. The topological polar surface area (TPSA) is 146 Å². The van der Waals surface area contributed by atoms with Gasteiger partial charge in [0, 0.05) is 5.69 Å². The zero-order chi connectivity index (χ0) is 29.6. The van der Waals surface area contributed by atoms with Crippen molar-refractivity contribution < 1.29 is 24.0 Å². The van der Waals surface area contributed by atoms with Gasteiger partial charge in [0.05, 0.1) is 56.6 Å². The maximum atomic E-state index is 12.6. The van der Waals surface area contributed by atoms with E-state index in [1.165, 1.54) is 71.5 Å². The number of nitrogens with zero attached hydrogens (tertiary/aromatic N) is 3. The molecule has 0 aliphatic heterocycles. The molecule has 0 unspecified atom stereocenters. The van der Waals surface area contributed by atoms with Gasteiger partial charge in [0.15, 0.2) is 8.68 Å². The third-order valence-corrected chi connectivity index (χ3v) is 9.96. The second-order valence-electron chi connectivity index (χ2n) is 8.52. The molecule has 0 saturated heterocycles. The van der Waals surface area contributed by atoms with Gasteiger partial charge in [0.2, 0.25) is 11.8 Å². The number of hydrogen-bond donors (Lipinski definition) is 2. The summed E-state index contributed by atoms with van der Waals surface area (Å²) in [7, 11) is 1.41. The van der Waals surface area contributed by atoms with Gasteiger partial charge in [0.25, 0.3) is 5.69 Å². The van der Waals surface area contributed by atoms with Crippen LogP contribution in [0.2, 0.25) is 0 Å². The van der Waals surface area contributed by atoms with Gasteiger partial charge < -0.3 is 20.1 Å². The number of thiazole rings is 2. The van der Waals surface area contributed by atoms with E-state index in [9.17, 15) is 19.7 Å². The number of thioether (sulfide) groups is 2. The van der Waals surface area contributed by atoms with Crippen LogP contribution in [0.4, 0.5) is 17.1 Å². The Kier molecular flexibility index (Phi) is 9.41. The number of amides is 2. The van der Waals surface area contributed by atoms with Gasteiger partial charge in [-0.15, -0.1) is 22.7 Å². The molecule has 2 heterocycles. The van der Waals surface area contributed by atoms with E-state index in [1.807, 2.05) is 37.3 Å². The lowest BCUT2D eigenvalue weighted by Crippen LogP contribution is -2.15. The summed E-state index contributed by atoms with van der Waals surface area (Å²) in [5, 5.41) is 16.9. The first-order chi connectivity index (χ1) is 20.3. The first kappa shape index (κ1) is 29.6. The number of fused-ring (bicyclic) bond motifs is 2. The molecule has 0 saturated carbocycles. The van der Waals surface area contributed by atoms with E-state index in [-0.39, 0.29) is 28.8 Å². The average molecular weight is 642 g/mol. The summed E-state index contributed by atoms with van der Waals surface area (Å²) in [6, 6.07) is 15.4. The maximum absolute atomic E-state index is 12.6. The number of carbonyl (C=O) groups is 2. The average Bonchev–Trinajstić information content (AvgIpc) is 3.58. The number of carbonyl (C=O) groups excluding carboxylic acids is 2. The van der Waals surface area contributed by atoms with E-state index in [0.29, 0.717) is 22.4 Å². The number of hydrogen-bond acceptors (Lipinski definition) is 12. The minimum absolute atomic E-state index is 0.0164. The molecule has 0 aliphatic carbocycles. The monoisotopic (exact) mass is 641 g/mol. The molecule has 5 rings (SSSR count). The number of rotatable bonds is 12. The highest BCUT2D eigenvalue weighted by Crippen LogP contribution is 2.34. The molecule has 2 aromatic heterocycles. The van der Waals surface area contributed by atoms with Crippen LogP contribution < -0.4 is 20.1 Å². The molecule has 5 aromatic rings. The van der Waals surface area contributed by atoms with Gasteiger partial charge >= 0.3 is 0 Å². The van der Waals surface area contributed by atoms with E-state index in [0.717, 1.165) is 30.5 Å². The minimum atomic E-state index is -0.576. The van der Waals surface area contributed by atoms with Crippen molar-refractivity contribution >= 4 is 95.5 Å². The van der Waals surface area contributed by atoms with Gasteiger partial charge in [-0.25, -0.2) is 9.97 Å². The third-order valence-electron chi connectivity index (χ3n) is 5.63. The van der Waals surface area contributed by atoms with Gasteiger partial charge in [-0.1, -0.05) is 23.5 Å². The van der Waals surface area contributed by atoms with Gasteiger partial charge in [-0.3, -0.25) is 19.7 Å². The molecule has 3 aromatic carbocycles. The second kappa shape index (κ2) is 13.4. The quantitative estimate of drug-likeness (QED) is 0.0859. The van der Waals surface area contributed by atoms with E-state index in [1.54, 1.807) is 6.07 Å². The van der Waals surface area contributed by atoms with Crippen LogP contribution in [0.3, 0.4) is 0 Å². The Morgan fingerprint density at radius 2 is 1.50 bits per heavy atom. The van der Waals surface area contributed by atoms with E-state index < -0.39 is 10.8 Å². The van der Waals surface area contributed by atoms with Crippen molar-refractivity contribution in [1.82, 2.24) is 9.97 Å². The molecule has 216 valence electrons. The Bertz CT molecular complexity index is 1790. The van der Waals surface area contributed by atoms with Crippen LogP contribution in [-0.2, 0) is 9.59 Å². The highest BCUT2D eigenvalue weighted by Gasteiger charge is 2.18. The fourth-order valence-corrected chi connectivity index (χ4v) is 7.58. The molecule has 0 radical (unpaired) electrons. The Balaban J connectivity index is 1.15. The zero-order valence-electron chi connectivity index (χ0n) is 22.2. The van der Waals surface area contributed by atoms with Crippen molar-refractivity contribution in [2.45, 2.75) is 15.6 Å². The van der Waals surface area contributed by atoms with Crippen LogP contribution in [0.25, 0.3) is 20.4 Å². The lowest BCUT2D eigenvalue weighted by molar-refractivity contribution is -0.384. The number of ether oxygens (including phenoxy) is 2. The molecule has 42 heavy (non-hydrogen) atoms. The van der Waals surface area contributed by atoms with Crippen molar-refractivity contribution in [3.8, 4) is 11.5 Å². The lowest BCUT2D eigenvalue weighted by Gasteiger charge is -2.07. The summed E-state index contributed by atoms with van der Waals surface area (Å²) in [6.07, 6.45) is 0. The summed E-state index contributed by atoms with van der Waals surface area (Å²) >= 11 is 5.51. The highest BCUT2D eigenvalue weighted by molar-refractivity contribution is 8.02. The van der Waals surface area contributed by atoms with Crippen molar-refractivity contribution in [1.29, 1.82) is 0 Å². The highest BCUT2D eigenvalue weighted by atomic mass is 32.2. The first-order valence-electron chi connectivity index (χ1n) is 12.4. The fourth-order valence-electron chi connectivity index (χ4n) is 3.78. The molecule has 0 spiro atoms. The summed E-state index contributed by atoms with van der Waals surface area (Å²) in [5.74, 6) is 0.788. The Hall–Kier alpha value is -3.92. The number of methoxy groups -OCH3 is 1. The predicted octanol–water partition coefficient (Wildman–Crippen LogP) is 6.68. The number of anilines is 2. The van der Waals surface area contributed by atoms with Crippen molar-refractivity contribution in [3.63, 3.8) is 0 Å². The molecule has 0 atom stereocenters. The number of nitro groups is 1. The van der Waals surface area contributed by atoms with Crippen LogP contribution in [0.1, 0.15) is 6.92 Å². The van der Waals surface area contributed by atoms with Crippen LogP contribution in [-0.4, -0.2) is 51.9 Å². The Labute approximate surface area is 256 Å². The SMILES string of the molecule is CCOc1ccc2nc(SCC(=O)Nc3ccc4nc(SCC(=O)Nc5ccc(OC)cc5[N+](=O)[O-])sc4c3)sc2c1. The van der Waals surface area contributed by atoms with E-state index in [2.05, 4.69) is 20.6 Å². The maximum Gasteiger partial charge on any atom is 0.296 e. The van der Waals surface area contributed by atoms with Crippen molar-refractivity contribution in [2.75, 3.05) is 35.9 Å². The summed E-state index contributed by atoms with van der Waals surface area (Å²) in [5.41, 5.74) is 2.09. The van der Waals surface area contributed by atoms with Crippen LogP contribution >= 0.6 is 46.2 Å². The van der Waals surface area contributed by atoms with Crippen molar-refractivity contribution in [2.24, 2.45) is 0 Å². The van der Waals surface area contributed by atoms with Crippen LogP contribution in [0.15, 0.2) is 63.3 Å². The largest absolute Gasteiger partial charge is 0.496 e. The van der Waals surface area contributed by atoms with Gasteiger partial charge in [0.1, 0.15) is 17.2 Å². The summed E-state index contributed by atoms with van der Waals surface area (Å²) in [4.78, 5) is 45.0. The zero-order valence-corrected chi connectivity index (χ0v) is 25.5. The fraction of sp³-hybridized carbons (Fsp3) is 0.185. The Morgan fingerprint density at radius 1 is 0.881 bits per heavy atom. The molecule has 2 amide bonds. The Morgan fingerprint density at radius 3 is 2.14 bits per heavy atom.